The lowest BCUT2D eigenvalue weighted by molar-refractivity contribution is -0.134. The smallest absolute Gasteiger partial charge is 0.230 e. The topological polar surface area (TPSA) is 39.3 Å². The van der Waals surface area contributed by atoms with Crippen LogP contribution in [-0.2, 0) is 11.2 Å². The third kappa shape index (κ3) is 3.36. The molecule has 4 rings (SSSR count). The lowest BCUT2D eigenvalue weighted by Crippen LogP contribution is -2.47. The van der Waals surface area contributed by atoms with Crippen molar-refractivity contribution in [3.63, 3.8) is 0 Å². The predicted molar refractivity (Wildman–Crippen MR) is 117 cm³/mol. The Balaban J connectivity index is 0.00000102. The zero-order valence-corrected chi connectivity index (χ0v) is 18.6. The Morgan fingerprint density at radius 3 is 2.67 bits per heavy atom. The van der Waals surface area contributed by atoms with Crippen LogP contribution in [0.25, 0.3) is 16.5 Å². The zero-order chi connectivity index (χ0) is 19.7. The summed E-state index contributed by atoms with van der Waals surface area (Å²) in [5, 5.41) is 1.31. The molecule has 1 aliphatic heterocycles. The number of carbonyl (C=O) groups excluding carboxylic acids is 1. The Labute approximate surface area is 170 Å². The lowest BCUT2D eigenvalue weighted by Gasteiger charge is -2.40. The normalized spacial score (nSPS) is 21.2. The molecule has 4 nitrogen and oxygen atoms in total. The molecular formula is C22H30BrN3O. The largest absolute Gasteiger partial charge is 0.349 e. The first-order valence-corrected chi connectivity index (χ1v) is 10.8. The van der Waals surface area contributed by atoms with E-state index in [-0.39, 0.29) is 11.8 Å². The molecule has 1 aromatic carbocycles. The summed E-state index contributed by atoms with van der Waals surface area (Å²) in [4.78, 5) is 20.7. The van der Waals surface area contributed by atoms with E-state index >= 15 is 0 Å². The van der Waals surface area contributed by atoms with Gasteiger partial charge < -0.3 is 9.88 Å². The molecule has 1 aromatic heterocycles. The molecule has 1 aliphatic carbocycles. The maximum absolute atomic E-state index is 12.9. The number of hydrogen-bond acceptors (Lipinski definition) is 2. The highest BCUT2D eigenvalue weighted by Crippen LogP contribution is 2.43. The van der Waals surface area contributed by atoms with Gasteiger partial charge in [-0.25, -0.2) is 0 Å². The van der Waals surface area contributed by atoms with E-state index in [1.165, 1.54) is 27.6 Å². The Kier molecular flexibility index (Phi) is 6.11. The van der Waals surface area contributed by atoms with E-state index in [1.54, 1.807) is 0 Å². The summed E-state index contributed by atoms with van der Waals surface area (Å²) < 4.78 is 1.09. The Morgan fingerprint density at radius 2 is 2.00 bits per heavy atom. The summed E-state index contributed by atoms with van der Waals surface area (Å²) in [6.45, 7) is 10.4. The number of rotatable bonds is 3. The van der Waals surface area contributed by atoms with Crippen LogP contribution in [0.5, 0.6) is 0 Å². The highest BCUT2D eigenvalue weighted by Gasteiger charge is 2.37. The van der Waals surface area contributed by atoms with Crippen LogP contribution in [0.1, 0.15) is 38.8 Å². The Morgan fingerprint density at radius 1 is 1.30 bits per heavy atom. The van der Waals surface area contributed by atoms with Gasteiger partial charge in [0.05, 0.1) is 10.5 Å². The molecule has 0 radical (unpaired) electrons. The second-order valence-electron chi connectivity index (χ2n) is 7.04. The molecule has 146 valence electrons. The molecule has 0 spiro atoms. The third-order valence-corrected chi connectivity index (χ3v) is 6.41. The highest BCUT2D eigenvalue weighted by molar-refractivity contribution is 9.10. The van der Waals surface area contributed by atoms with Crippen molar-refractivity contribution in [2.45, 2.75) is 40.2 Å². The van der Waals surface area contributed by atoms with Crippen molar-refractivity contribution in [3.8, 4) is 0 Å². The predicted octanol–water partition coefficient (Wildman–Crippen LogP) is 4.69. The number of aromatic amines is 1. The van der Waals surface area contributed by atoms with Crippen LogP contribution in [0.4, 0.5) is 0 Å². The maximum atomic E-state index is 12.9. The van der Waals surface area contributed by atoms with Gasteiger partial charge >= 0.3 is 0 Å². The van der Waals surface area contributed by atoms with Crippen molar-refractivity contribution in [2.75, 3.05) is 26.7 Å². The van der Waals surface area contributed by atoms with E-state index in [9.17, 15) is 4.79 Å². The zero-order valence-electron chi connectivity index (χ0n) is 17.0. The van der Waals surface area contributed by atoms with Gasteiger partial charge in [0, 0.05) is 36.6 Å². The van der Waals surface area contributed by atoms with Gasteiger partial charge in [0.15, 0.2) is 0 Å². The third-order valence-electron chi connectivity index (χ3n) is 5.73. The summed E-state index contributed by atoms with van der Waals surface area (Å²) in [5.74, 6) is 0.186. The molecule has 2 aromatic rings. The van der Waals surface area contributed by atoms with Gasteiger partial charge in [0.2, 0.25) is 5.91 Å². The van der Waals surface area contributed by atoms with Crippen molar-refractivity contribution >= 4 is 38.3 Å². The van der Waals surface area contributed by atoms with E-state index in [1.807, 2.05) is 18.7 Å². The molecule has 1 amide bonds. The lowest BCUT2D eigenvalue weighted by atomic mass is 9.79. The van der Waals surface area contributed by atoms with Crippen molar-refractivity contribution < 1.29 is 4.79 Å². The minimum Gasteiger partial charge on any atom is -0.349 e. The monoisotopic (exact) mass is 431 g/mol. The van der Waals surface area contributed by atoms with Crippen LogP contribution < -0.4 is 0 Å². The van der Waals surface area contributed by atoms with Gasteiger partial charge in [-0.05, 0) is 66.0 Å². The minimum atomic E-state index is -0.0599. The number of hydrogen-bond donors (Lipinski definition) is 1. The second-order valence-corrected chi connectivity index (χ2v) is 7.84. The van der Waals surface area contributed by atoms with Crippen molar-refractivity contribution in [1.82, 2.24) is 14.8 Å². The molecule has 0 unspecified atom stereocenters. The molecule has 2 heterocycles. The summed E-state index contributed by atoms with van der Waals surface area (Å²) >= 11 is 3.69. The van der Waals surface area contributed by atoms with Gasteiger partial charge in [0.25, 0.3) is 0 Å². The van der Waals surface area contributed by atoms with Crippen LogP contribution in [-0.4, -0.2) is 53.4 Å². The molecule has 5 heteroatoms. The highest BCUT2D eigenvalue weighted by atomic mass is 79.9. The van der Waals surface area contributed by atoms with Crippen LogP contribution >= 0.6 is 15.9 Å². The van der Waals surface area contributed by atoms with Gasteiger partial charge in [-0.1, -0.05) is 32.1 Å². The summed E-state index contributed by atoms with van der Waals surface area (Å²) in [7, 11) is 2.14. The van der Waals surface area contributed by atoms with Crippen molar-refractivity contribution in [3.05, 3.63) is 40.0 Å². The molecule has 2 aliphatic rings. The summed E-state index contributed by atoms with van der Waals surface area (Å²) in [6, 6.07) is 6.76. The molecule has 27 heavy (non-hydrogen) atoms. The van der Waals surface area contributed by atoms with Crippen molar-refractivity contribution in [2.24, 2.45) is 5.92 Å². The van der Waals surface area contributed by atoms with Crippen molar-refractivity contribution in [1.29, 1.82) is 0 Å². The standard InChI is InChI=1S/C20H24BrN3O.C2H6/c1-4-24(5-2)20(25)12-9-14-13-7-6-8-16-18(13)15(19(21)22-16)10-17(14)23(3)11-12;1-2/h6-9,12,17,22H,4-5,10-11H2,1-3H3;1-2H3/t12-,17+;/m1./s1. The number of aromatic nitrogens is 1. The second kappa shape index (κ2) is 8.19. The van der Waals surface area contributed by atoms with Gasteiger partial charge in [-0.2, -0.15) is 0 Å². The average molecular weight is 432 g/mol. The summed E-state index contributed by atoms with van der Waals surface area (Å²) in [6.07, 6.45) is 3.22. The number of nitrogens with one attached hydrogen (secondary N) is 1. The van der Waals surface area contributed by atoms with Crippen LogP contribution in [0.15, 0.2) is 28.9 Å². The van der Waals surface area contributed by atoms with E-state index in [0.29, 0.717) is 6.04 Å². The molecule has 0 fully saturated rings. The number of likely N-dealkylation sites (N-methyl/N-ethyl adjacent to an activating group) is 1. The maximum Gasteiger partial charge on any atom is 0.230 e. The molecular weight excluding hydrogens is 402 g/mol. The Hall–Kier alpha value is -1.59. The number of benzene rings is 1. The number of nitrogens with zero attached hydrogens (tertiary/aromatic N) is 2. The Bertz CT molecular complexity index is 866. The molecule has 1 N–H and O–H groups in total. The quantitative estimate of drug-likeness (QED) is 0.764. The number of fused-ring (bicyclic) bond motifs is 2. The molecule has 2 atom stereocenters. The SMILES string of the molecule is CC.CCN(CC)C(=O)[C@@H]1C=C2c3cccc4[nH]c(Br)c(c34)C[C@@H]2N(C)C1. The first-order chi connectivity index (χ1) is 13.0. The van der Waals surface area contributed by atoms with Gasteiger partial charge in [-0.15, -0.1) is 0 Å². The van der Waals surface area contributed by atoms with Crippen LogP contribution in [0, 0.1) is 5.92 Å². The number of H-pyrrole nitrogens is 1. The fraction of sp³-hybridized carbons (Fsp3) is 0.500. The first-order valence-electron chi connectivity index (χ1n) is 10.0. The van der Waals surface area contributed by atoms with Crippen LogP contribution in [0.3, 0.4) is 0 Å². The fourth-order valence-electron chi connectivity index (χ4n) is 4.42. The average Bonchev–Trinajstić information content (AvgIpc) is 3.01. The number of amides is 1. The molecule has 0 saturated carbocycles. The minimum absolute atomic E-state index is 0.0599. The number of halogens is 1. The van der Waals surface area contributed by atoms with E-state index in [4.69, 9.17) is 0 Å². The molecule has 0 saturated heterocycles. The molecule has 0 bridgehead atoms. The first kappa shape index (κ1) is 20.2. The van der Waals surface area contributed by atoms with E-state index in [0.717, 1.165) is 30.7 Å². The van der Waals surface area contributed by atoms with Crippen LogP contribution in [0.2, 0.25) is 0 Å². The van der Waals surface area contributed by atoms with Gasteiger partial charge in [0.1, 0.15) is 0 Å². The van der Waals surface area contributed by atoms with Gasteiger partial charge in [-0.3, -0.25) is 9.69 Å². The van der Waals surface area contributed by atoms with E-state index < -0.39 is 0 Å². The summed E-state index contributed by atoms with van der Waals surface area (Å²) in [5.41, 5.74) is 5.10. The van der Waals surface area contributed by atoms with E-state index in [2.05, 4.69) is 71.0 Å². The number of carbonyl (C=O) groups is 1. The fourth-order valence-corrected chi connectivity index (χ4v) is 4.99.